The molecule has 0 radical (unpaired) electrons. The van der Waals surface area contributed by atoms with Crippen molar-refractivity contribution in [2.24, 2.45) is 0 Å². The fourth-order valence-corrected chi connectivity index (χ4v) is 8.76. The predicted molar refractivity (Wildman–Crippen MR) is 213 cm³/mol. The van der Waals surface area contributed by atoms with Gasteiger partial charge in [-0.15, -0.1) is 5.54 Å². The molecule has 1 nitrogen and oxygen atoms in total. The number of benzene rings is 4. The van der Waals surface area contributed by atoms with Crippen LogP contribution < -0.4 is 0 Å². The van der Waals surface area contributed by atoms with Gasteiger partial charge in [0.25, 0.3) is 0 Å². The van der Waals surface area contributed by atoms with Gasteiger partial charge >= 0.3 is 0 Å². The van der Waals surface area contributed by atoms with E-state index < -0.39 is 8.07 Å². The molecule has 0 fully saturated rings. The molecule has 1 heterocycles. The maximum absolute atomic E-state index is 3.67. The van der Waals surface area contributed by atoms with E-state index in [0.717, 1.165) is 0 Å². The van der Waals surface area contributed by atoms with Crippen LogP contribution in [-0.2, 0) is 5.41 Å². The van der Waals surface area contributed by atoms with Crippen LogP contribution in [0.3, 0.4) is 0 Å². The molecule has 0 saturated carbocycles. The zero-order chi connectivity index (χ0) is 33.6. The van der Waals surface area contributed by atoms with E-state index in [9.17, 15) is 0 Å². The van der Waals surface area contributed by atoms with Crippen molar-refractivity contribution in [3.05, 3.63) is 102 Å². The smallest absolute Gasteiger partial charge is 0.129 e. The molecule has 5 aromatic rings. The zero-order valence-electron chi connectivity index (χ0n) is 30.4. The minimum absolute atomic E-state index is 0.0196. The van der Waals surface area contributed by atoms with Crippen molar-refractivity contribution in [1.82, 2.24) is 4.57 Å². The minimum Gasteiger partial charge on any atom is -0.309 e. The first-order valence-electron chi connectivity index (χ1n) is 19.2. The van der Waals surface area contributed by atoms with Crippen LogP contribution >= 0.6 is 0 Å². The number of para-hydroxylation sites is 2. The predicted octanol–water partition coefficient (Wildman–Crippen LogP) is 13.8. The monoisotopic (exact) mass is 651 g/mol. The van der Waals surface area contributed by atoms with E-state index in [4.69, 9.17) is 0 Å². The van der Waals surface area contributed by atoms with Crippen molar-refractivity contribution in [3.8, 4) is 28.3 Å². The molecular weight excluding hydrogens is 595 g/mol. The topological polar surface area (TPSA) is 4.93 Å². The van der Waals surface area contributed by atoms with Crippen molar-refractivity contribution < 1.29 is 0 Å². The van der Waals surface area contributed by atoms with Crippen molar-refractivity contribution in [2.45, 2.75) is 129 Å². The molecule has 2 heteroatoms. The van der Waals surface area contributed by atoms with E-state index in [1.165, 1.54) is 134 Å². The van der Waals surface area contributed by atoms with Gasteiger partial charge in [0.15, 0.2) is 0 Å². The van der Waals surface area contributed by atoms with Gasteiger partial charge in [0.1, 0.15) is 8.07 Å². The molecule has 0 bridgehead atoms. The quantitative estimate of drug-likeness (QED) is 0.0603. The molecule has 0 N–H and O–H groups in total. The summed E-state index contributed by atoms with van der Waals surface area (Å²) in [6, 6.07) is 32.5. The lowest BCUT2D eigenvalue weighted by atomic mass is 9.70. The van der Waals surface area contributed by atoms with Crippen molar-refractivity contribution in [3.63, 3.8) is 0 Å². The summed E-state index contributed by atoms with van der Waals surface area (Å²) in [7, 11) is -1.49. The van der Waals surface area contributed by atoms with Gasteiger partial charge in [0.2, 0.25) is 0 Å². The average molecular weight is 652 g/mol. The van der Waals surface area contributed by atoms with Crippen LogP contribution in [0.4, 0.5) is 0 Å². The third-order valence-electron chi connectivity index (χ3n) is 10.7. The Labute approximate surface area is 292 Å². The molecule has 1 aliphatic rings. The standard InChI is InChI=1S/C46H57NSi/c1-6-8-10-12-14-20-31-46(32-21-15-13-11-9-7-2)42-34-36(30-33-48(3,4)5)26-28-38(42)39-29-27-37(35-43(39)46)47-44-24-18-16-22-40(44)41-23-17-19-25-45(41)47/h16-19,22-29,34-35H,6-15,20-21,31-32H2,1-5H3. The maximum atomic E-state index is 3.67. The molecule has 0 spiro atoms. The molecule has 6 rings (SSSR count). The first-order chi connectivity index (χ1) is 23.4. The zero-order valence-corrected chi connectivity index (χ0v) is 31.4. The molecule has 1 aromatic heterocycles. The van der Waals surface area contributed by atoms with E-state index in [0.29, 0.717) is 0 Å². The van der Waals surface area contributed by atoms with Gasteiger partial charge in [0, 0.05) is 27.4 Å². The highest BCUT2D eigenvalue weighted by Gasteiger charge is 2.42. The number of aromatic nitrogens is 1. The Kier molecular flexibility index (Phi) is 11.0. The second-order valence-electron chi connectivity index (χ2n) is 15.5. The Morgan fingerprint density at radius 1 is 0.562 bits per heavy atom. The molecule has 0 amide bonds. The fourth-order valence-electron chi connectivity index (χ4n) is 8.24. The summed E-state index contributed by atoms with van der Waals surface area (Å²) in [4.78, 5) is 0. The minimum atomic E-state index is -1.49. The second-order valence-corrected chi connectivity index (χ2v) is 20.2. The van der Waals surface area contributed by atoms with Gasteiger partial charge in [-0.25, -0.2) is 0 Å². The van der Waals surface area contributed by atoms with Crippen LogP contribution in [0, 0.1) is 11.5 Å². The number of hydrogen-bond acceptors (Lipinski definition) is 0. The van der Waals surface area contributed by atoms with E-state index in [-0.39, 0.29) is 5.41 Å². The van der Waals surface area contributed by atoms with Gasteiger partial charge in [-0.1, -0.05) is 165 Å². The molecule has 0 saturated heterocycles. The van der Waals surface area contributed by atoms with E-state index in [1.54, 1.807) is 11.1 Å². The second kappa shape index (κ2) is 15.3. The Balaban J connectivity index is 1.48. The Hall–Kier alpha value is -3.54. The van der Waals surface area contributed by atoms with Crippen molar-refractivity contribution >= 4 is 29.9 Å². The lowest BCUT2D eigenvalue weighted by Crippen LogP contribution is -2.26. The number of rotatable bonds is 15. The summed E-state index contributed by atoms with van der Waals surface area (Å²) in [6.07, 6.45) is 18.4. The molecule has 48 heavy (non-hydrogen) atoms. The summed E-state index contributed by atoms with van der Waals surface area (Å²) in [6.45, 7) is 11.7. The number of hydrogen-bond donors (Lipinski definition) is 0. The Morgan fingerprint density at radius 2 is 1.06 bits per heavy atom. The van der Waals surface area contributed by atoms with Crippen molar-refractivity contribution in [2.75, 3.05) is 0 Å². The summed E-state index contributed by atoms with van der Waals surface area (Å²) in [5.74, 6) is 3.64. The lowest BCUT2D eigenvalue weighted by molar-refractivity contribution is 0.397. The maximum Gasteiger partial charge on any atom is 0.129 e. The largest absolute Gasteiger partial charge is 0.309 e. The van der Waals surface area contributed by atoms with Crippen molar-refractivity contribution in [1.29, 1.82) is 0 Å². The van der Waals surface area contributed by atoms with Crippen LogP contribution in [0.5, 0.6) is 0 Å². The first-order valence-corrected chi connectivity index (χ1v) is 22.7. The Morgan fingerprint density at radius 3 is 1.62 bits per heavy atom. The highest BCUT2D eigenvalue weighted by Crippen LogP contribution is 2.55. The number of unbranched alkanes of at least 4 members (excludes halogenated alkanes) is 10. The highest BCUT2D eigenvalue weighted by molar-refractivity contribution is 6.83. The third kappa shape index (κ3) is 7.23. The SMILES string of the molecule is CCCCCCCCC1(CCCCCCCC)c2cc(C#C[Si](C)(C)C)ccc2-c2ccc(-n3c4ccccc4c4ccccc43)cc21. The van der Waals surface area contributed by atoms with Gasteiger partial charge < -0.3 is 4.57 Å². The fraction of sp³-hybridized carbons (Fsp3) is 0.435. The Bertz CT molecular complexity index is 1840. The summed E-state index contributed by atoms with van der Waals surface area (Å²) >= 11 is 0. The molecule has 0 aliphatic heterocycles. The third-order valence-corrected chi connectivity index (χ3v) is 11.6. The van der Waals surface area contributed by atoms with Gasteiger partial charge in [-0.3, -0.25) is 0 Å². The summed E-state index contributed by atoms with van der Waals surface area (Å²) in [5.41, 5.74) is 14.7. The number of fused-ring (bicyclic) bond motifs is 6. The van der Waals surface area contributed by atoms with E-state index in [1.807, 2.05) is 0 Å². The highest BCUT2D eigenvalue weighted by atomic mass is 28.3. The van der Waals surface area contributed by atoms with E-state index in [2.05, 4.69) is 134 Å². The molecule has 4 aromatic carbocycles. The lowest BCUT2D eigenvalue weighted by Gasteiger charge is -2.33. The van der Waals surface area contributed by atoms with Gasteiger partial charge in [-0.2, -0.15) is 0 Å². The van der Waals surface area contributed by atoms with Crippen LogP contribution in [0.2, 0.25) is 19.6 Å². The molecule has 0 atom stereocenters. The molecule has 1 aliphatic carbocycles. The van der Waals surface area contributed by atoms with Crippen LogP contribution in [-0.4, -0.2) is 12.6 Å². The van der Waals surface area contributed by atoms with Crippen LogP contribution in [0.15, 0.2) is 84.9 Å². The van der Waals surface area contributed by atoms with Crippen LogP contribution in [0.1, 0.15) is 120 Å². The summed E-state index contributed by atoms with van der Waals surface area (Å²) in [5, 5.41) is 2.65. The summed E-state index contributed by atoms with van der Waals surface area (Å²) < 4.78 is 2.51. The number of nitrogens with zero attached hydrogens (tertiary/aromatic N) is 1. The molecule has 250 valence electrons. The normalized spacial score (nSPS) is 13.4. The van der Waals surface area contributed by atoms with Crippen LogP contribution in [0.25, 0.3) is 38.6 Å². The van der Waals surface area contributed by atoms with E-state index >= 15 is 0 Å². The van der Waals surface area contributed by atoms with Gasteiger partial charge in [0.05, 0.1) is 11.0 Å². The average Bonchev–Trinajstić information content (AvgIpc) is 3.56. The molecule has 0 unspecified atom stereocenters. The molecular formula is C46H57NSi. The first kappa shape index (κ1) is 34.3. The van der Waals surface area contributed by atoms with Gasteiger partial charge in [-0.05, 0) is 71.5 Å².